The lowest BCUT2D eigenvalue weighted by Gasteiger charge is -2.35. The van der Waals surface area contributed by atoms with Crippen LogP contribution in [0.5, 0.6) is 0 Å². The van der Waals surface area contributed by atoms with Crippen molar-refractivity contribution in [1.82, 2.24) is 15.5 Å². The summed E-state index contributed by atoms with van der Waals surface area (Å²) in [5.74, 6) is -0.215. The topological polar surface area (TPSA) is 81.8 Å². The number of amides is 2. The third-order valence-electron chi connectivity index (χ3n) is 4.70. The van der Waals surface area contributed by atoms with Gasteiger partial charge in [0, 0.05) is 44.0 Å². The molecule has 1 aromatic carbocycles. The minimum absolute atomic E-state index is 0.0648. The number of benzene rings is 1. The Kier molecular flexibility index (Phi) is 7.79. The van der Waals surface area contributed by atoms with Crippen molar-refractivity contribution in [3.8, 4) is 0 Å². The average molecular weight is 374 g/mol. The Hall–Kier alpha value is -2.41. The highest BCUT2D eigenvalue weighted by atomic mass is 16.2. The monoisotopic (exact) mass is 374 g/mol. The molecule has 1 saturated heterocycles. The summed E-state index contributed by atoms with van der Waals surface area (Å²) in [7, 11) is 0. The zero-order valence-corrected chi connectivity index (χ0v) is 16.5. The van der Waals surface area contributed by atoms with E-state index in [0.29, 0.717) is 18.7 Å². The van der Waals surface area contributed by atoms with Crippen molar-refractivity contribution >= 4 is 23.3 Å². The molecule has 1 atom stereocenters. The smallest absolute Gasteiger partial charge is 0.242 e. The minimum atomic E-state index is -0.523. The van der Waals surface area contributed by atoms with E-state index >= 15 is 0 Å². The molecule has 7 nitrogen and oxygen atoms in total. The standard InChI is InChI=1S/C20H30N4O3/c1-4-9-21-20(27)15(2)22-19(26)14-23-10-12-24(13-11-23)18-7-5-17(6-8-18)16(3)25/h5-8,15H,4,9-14H2,1-3H3,(H,21,27)(H,22,26)/t15-/m1/s1. The highest BCUT2D eigenvalue weighted by Crippen LogP contribution is 2.17. The SMILES string of the molecule is CCCNC(=O)[C@@H](C)NC(=O)CN1CCN(c2ccc(C(C)=O)cc2)CC1. The van der Waals surface area contributed by atoms with E-state index in [9.17, 15) is 14.4 Å². The van der Waals surface area contributed by atoms with E-state index in [4.69, 9.17) is 0 Å². The van der Waals surface area contributed by atoms with Gasteiger partial charge in [-0.2, -0.15) is 0 Å². The summed E-state index contributed by atoms with van der Waals surface area (Å²) >= 11 is 0. The minimum Gasteiger partial charge on any atom is -0.369 e. The Bertz CT molecular complexity index is 652. The maximum atomic E-state index is 12.2. The first kappa shape index (κ1) is 20.9. The van der Waals surface area contributed by atoms with Gasteiger partial charge in [0.25, 0.3) is 0 Å². The van der Waals surface area contributed by atoms with Crippen LogP contribution in [-0.2, 0) is 9.59 Å². The van der Waals surface area contributed by atoms with Crippen LogP contribution in [-0.4, -0.2) is 67.8 Å². The maximum absolute atomic E-state index is 12.2. The molecule has 2 N–H and O–H groups in total. The predicted octanol–water partition coefficient (Wildman–Crippen LogP) is 1.04. The normalized spacial score (nSPS) is 15.9. The maximum Gasteiger partial charge on any atom is 0.242 e. The summed E-state index contributed by atoms with van der Waals surface area (Å²) in [5, 5.41) is 5.54. The Morgan fingerprint density at radius 2 is 1.70 bits per heavy atom. The Morgan fingerprint density at radius 1 is 1.07 bits per heavy atom. The van der Waals surface area contributed by atoms with Crippen LogP contribution >= 0.6 is 0 Å². The van der Waals surface area contributed by atoms with E-state index in [1.54, 1.807) is 13.8 Å². The predicted molar refractivity (Wildman–Crippen MR) is 106 cm³/mol. The van der Waals surface area contributed by atoms with Crippen LogP contribution in [0.2, 0.25) is 0 Å². The first-order valence-corrected chi connectivity index (χ1v) is 9.56. The van der Waals surface area contributed by atoms with Crippen molar-refractivity contribution in [3.05, 3.63) is 29.8 Å². The molecule has 1 heterocycles. The molecular weight excluding hydrogens is 344 g/mol. The summed E-state index contributed by atoms with van der Waals surface area (Å²) in [6.07, 6.45) is 0.869. The summed E-state index contributed by atoms with van der Waals surface area (Å²) < 4.78 is 0. The number of carbonyl (C=O) groups is 3. The quantitative estimate of drug-likeness (QED) is 0.665. The summed E-state index contributed by atoms with van der Waals surface area (Å²) in [6, 6.07) is 7.11. The van der Waals surface area contributed by atoms with Crippen LogP contribution in [0.3, 0.4) is 0 Å². The van der Waals surface area contributed by atoms with Gasteiger partial charge in [0.05, 0.1) is 6.54 Å². The molecule has 1 aliphatic heterocycles. The van der Waals surface area contributed by atoms with Gasteiger partial charge in [0.1, 0.15) is 6.04 Å². The number of nitrogens with one attached hydrogen (secondary N) is 2. The lowest BCUT2D eigenvalue weighted by molar-refractivity contribution is -0.129. The summed E-state index contributed by atoms with van der Waals surface area (Å²) in [5.41, 5.74) is 1.80. The lowest BCUT2D eigenvalue weighted by atomic mass is 10.1. The van der Waals surface area contributed by atoms with E-state index in [1.165, 1.54) is 0 Å². The summed E-state index contributed by atoms with van der Waals surface area (Å²) in [4.78, 5) is 39.7. The highest BCUT2D eigenvalue weighted by molar-refractivity contribution is 5.94. The van der Waals surface area contributed by atoms with E-state index in [0.717, 1.165) is 38.3 Å². The van der Waals surface area contributed by atoms with Crippen molar-refractivity contribution in [2.45, 2.75) is 33.2 Å². The van der Waals surface area contributed by atoms with Crippen LogP contribution in [0.1, 0.15) is 37.6 Å². The first-order chi connectivity index (χ1) is 12.9. The fourth-order valence-corrected chi connectivity index (χ4v) is 3.03. The fourth-order valence-electron chi connectivity index (χ4n) is 3.03. The molecule has 0 bridgehead atoms. The number of piperazine rings is 1. The van der Waals surface area contributed by atoms with Crippen molar-refractivity contribution in [2.24, 2.45) is 0 Å². The number of nitrogens with zero attached hydrogens (tertiary/aromatic N) is 2. The van der Waals surface area contributed by atoms with Gasteiger partial charge in [-0.05, 0) is 44.5 Å². The molecule has 0 radical (unpaired) electrons. The number of carbonyl (C=O) groups excluding carboxylic acids is 3. The van der Waals surface area contributed by atoms with E-state index in [2.05, 4.69) is 20.4 Å². The van der Waals surface area contributed by atoms with Gasteiger partial charge in [-0.15, -0.1) is 0 Å². The first-order valence-electron chi connectivity index (χ1n) is 9.56. The van der Waals surface area contributed by atoms with Crippen LogP contribution in [0.15, 0.2) is 24.3 Å². The second kappa shape index (κ2) is 10.1. The molecule has 148 valence electrons. The van der Waals surface area contributed by atoms with E-state index < -0.39 is 6.04 Å². The van der Waals surface area contributed by atoms with Crippen LogP contribution < -0.4 is 15.5 Å². The fraction of sp³-hybridized carbons (Fsp3) is 0.550. The van der Waals surface area contributed by atoms with Crippen molar-refractivity contribution in [3.63, 3.8) is 0 Å². The molecule has 2 amide bonds. The molecule has 0 unspecified atom stereocenters. The van der Waals surface area contributed by atoms with Gasteiger partial charge in [-0.3, -0.25) is 19.3 Å². The number of hydrogen-bond acceptors (Lipinski definition) is 5. The Labute approximate surface area is 161 Å². The number of rotatable bonds is 8. The lowest BCUT2D eigenvalue weighted by Crippen LogP contribution is -2.52. The molecule has 1 aromatic rings. The Morgan fingerprint density at radius 3 is 2.26 bits per heavy atom. The van der Waals surface area contributed by atoms with Gasteiger partial charge in [-0.1, -0.05) is 6.92 Å². The molecular formula is C20H30N4O3. The number of anilines is 1. The summed E-state index contributed by atoms with van der Waals surface area (Å²) in [6.45, 7) is 9.35. The Balaban J connectivity index is 1.76. The molecule has 0 aromatic heterocycles. The van der Waals surface area contributed by atoms with Crippen LogP contribution in [0.25, 0.3) is 0 Å². The van der Waals surface area contributed by atoms with Crippen molar-refractivity contribution in [1.29, 1.82) is 0 Å². The van der Waals surface area contributed by atoms with Gasteiger partial charge in [0.15, 0.2) is 5.78 Å². The molecule has 27 heavy (non-hydrogen) atoms. The molecule has 7 heteroatoms. The molecule has 0 spiro atoms. The van der Waals surface area contributed by atoms with Gasteiger partial charge >= 0.3 is 0 Å². The number of Topliss-reactive ketones (excluding diaryl/α,β-unsaturated/α-hetero) is 1. The average Bonchev–Trinajstić information content (AvgIpc) is 2.66. The van der Waals surface area contributed by atoms with Gasteiger partial charge < -0.3 is 15.5 Å². The van der Waals surface area contributed by atoms with E-state index in [1.807, 2.05) is 31.2 Å². The zero-order valence-electron chi connectivity index (χ0n) is 16.5. The van der Waals surface area contributed by atoms with Crippen LogP contribution in [0, 0.1) is 0 Å². The molecule has 1 fully saturated rings. The third kappa shape index (κ3) is 6.36. The number of ketones is 1. The number of hydrogen-bond donors (Lipinski definition) is 2. The second-order valence-corrected chi connectivity index (χ2v) is 6.95. The molecule has 0 saturated carbocycles. The largest absolute Gasteiger partial charge is 0.369 e. The second-order valence-electron chi connectivity index (χ2n) is 6.95. The molecule has 0 aliphatic carbocycles. The van der Waals surface area contributed by atoms with Crippen molar-refractivity contribution < 1.29 is 14.4 Å². The third-order valence-corrected chi connectivity index (χ3v) is 4.70. The van der Waals surface area contributed by atoms with Crippen molar-refractivity contribution in [2.75, 3.05) is 44.2 Å². The molecule has 2 rings (SSSR count). The zero-order chi connectivity index (χ0) is 19.8. The van der Waals surface area contributed by atoms with E-state index in [-0.39, 0.29) is 17.6 Å². The molecule has 1 aliphatic rings. The highest BCUT2D eigenvalue weighted by Gasteiger charge is 2.21. The van der Waals surface area contributed by atoms with Gasteiger partial charge in [-0.25, -0.2) is 0 Å². The van der Waals surface area contributed by atoms with Crippen LogP contribution in [0.4, 0.5) is 5.69 Å². The van der Waals surface area contributed by atoms with Gasteiger partial charge in [0.2, 0.25) is 11.8 Å².